The SMILES string of the molecule is CCCCC(OC1CCCCO1)C(F)(F)C=C[C@@H]1[C@H]2CC(O)O[C@H]2C[C@H]1O. The number of aliphatic hydroxyl groups is 2. The fraction of sp³-hybridized carbons (Fsp3) is 0.900. The number of fused-ring (bicyclic) bond motifs is 1. The van der Waals surface area contributed by atoms with E-state index < -0.39 is 36.6 Å². The number of ether oxygens (including phenoxy) is 3. The molecule has 3 fully saturated rings. The number of unbranched alkanes of at least 4 members (excludes halogenated alkanes) is 1. The Morgan fingerprint density at radius 2 is 2.07 bits per heavy atom. The third kappa shape index (κ3) is 5.26. The Morgan fingerprint density at radius 1 is 1.26 bits per heavy atom. The van der Waals surface area contributed by atoms with Gasteiger partial charge in [-0.2, -0.15) is 8.78 Å². The van der Waals surface area contributed by atoms with E-state index in [1.165, 1.54) is 6.08 Å². The Bertz CT molecular complexity index is 495. The summed E-state index contributed by atoms with van der Waals surface area (Å²) >= 11 is 0. The zero-order chi connectivity index (χ0) is 19.4. The van der Waals surface area contributed by atoms with Crippen molar-refractivity contribution in [1.29, 1.82) is 0 Å². The molecule has 3 aliphatic rings. The maximum atomic E-state index is 14.9. The van der Waals surface area contributed by atoms with Crippen LogP contribution >= 0.6 is 0 Å². The predicted molar refractivity (Wildman–Crippen MR) is 95.2 cm³/mol. The van der Waals surface area contributed by atoms with E-state index in [0.717, 1.165) is 25.3 Å². The summed E-state index contributed by atoms with van der Waals surface area (Å²) in [5.41, 5.74) is 0. The van der Waals surface area contributed by atoms with Gasteiger partial charge in [0.25, 0.3) is 5.92 Å². The lowest BCUT2D eigenvalue weighted by atomic mass is 9.90. The fourth-order valence-electron chi connectivity index (χ4n) is 4.42. The molecule has 3 unspecified atom stereocenters. The molecule has 0 radical (unpaired) electrons. The quantitative estimate of drug-likeness (QED) is 0.622. The van der Waals surface area contributed by atoms with E-state index in [0.29, 0.717) is 32.3 Å². The third-order valence-corrected chi connectivity index (χ3v) is 5.94. The van der Waals surface area contributed by atoms with Crippen molar-refractivity contribution in [1.82, 2.24) is 0 Å². The largest absolute Gasteiger partial charge is 0.392 e. The van der Waals surface area contributed by atoms with Gasteiger partial charge in [-0.15, -0.1) is 0 Å². The van der Waals surface area contributed by atoms with Gasteiger partial charge < -0.3 is 24.4 Å². The highest BCUT2D eigenvalue weighted by Crippen LogP contribution is 2.44. The molecule has 0 spiro atoms. The molecule has 0 aromatic carbocycles. The molecule has 0 aromatic rings. The van der Waals surface area contributed by atoms with Crippen molar-refractivity contribution in [3.63, 3.8) is 0 Å². The van der Waals surface area contributed by atoms with Gasteiger partial charge in [0.15, 0.2) is 12.6 Å². The fourth-order valence-corrected chi connectivity index (χ4v) is 4.42. The van der Waals surface area contributed by atoms with Crippen LogP contribution in [0.25, 0.3) is 0 Å². The molecule has 7 atom stereocenters. The standard InChI is InChI=1S/C20H32F2O5/c1-2-3-6-17(27-19-7-4-5-10-25-19)20(21,22)9-8-13-14-11-18(24)26-16(14)12-15(13)23/h8-9,13-19,23-24H,2-7,10-12H2,1H3/t13-,14-,15-,16+,17?,18?,19?/m1/s1. The van der Waals surface area contributed by atoms with E-state index in [-0.39, 0.29) is 18.4 Å². The minimum atomic E-state index is -3.15. The molecule has 0 bridgehead atoms. The molecule has 2 aliphatic heterocycles. The summed E-state index contributed by atoms with van der Waals surface area (Å²) in [5, 5.41) is 19.8. The van der Waals surface area contributed by atoms with Gasteiger partial charge in [-0.25, -0.2) is 0 Å². The summed E-state index contributed by atoms with van der Waals surface area (Å²) in [6.45, 7) is 2.51. The van der Waals surface area contributed by atoms with Gasteiger partial charge >= 0.3 is 0 Å². The molecule has 0 aromatic heterocycles. The molecule has 2 saturated heterocycles. The van der Waals surface area contributed by atoms with Crippen molar-refractivity contribution in [3.05, 3.63) is 12.2 Å². The first-order valence-electron chi connectivity index (χ1n) is 10.3. The zero-order valence-electron chi connectivity index (χ0n) is 15.9. The highest BCUT2D eigenvalue weighted by Gasteiger charge is 2.48. The molecule has 7 heteroatoms. The second-order valence-electron chi connectivity index (χ2n) is 8.01. The summed E-state index contributed by atoms with van der Waals surface area (Å²) in [6.07, 6.45) is 3.58. The van der Waals surface area contributed by atoms with Crippen LogP contribution in [-0.4, -0.2) is 53.6 Å². The summed E-state index contributed by atoms with van der Waals surface area (Å²) in [4.78, 5) is 0. The molecule has 0 amide bonds. The topological polar surface area (TPSA) is 68.2 Å². The molecule has 156 valence electrons. The van der Waals surface area contributed by atoms with Crippen LogP contribution in [0.3, 0.4) is 0 Å². The Balaban J connectivity index is 1.65. The van der Waals surface area contributed by atoms with Crippen LogP contribution in [0.5, 0.6) is 0 Å². The lowest BCUT2D eigenvalue weighted by Crippen LogP contribution is -2.39. The zero-order valence-corrected chi connectivity index (χ0v) is 15.9. The summed E-state index contributed by atoms with van der Waals surface area (Å²) < 4.78 is 46.4. The van der Waals surface area contributed by atoms with Gasteiger partial charge in [-0.1, -0.05) is 25.8 Å². The van der Waals surface area contributed by atoms with Gasteiger partial charge in [0, 0.05) is 25.4 Å². The Hall–Kier alpha value is -0.600. The van der Waals surface area contributed by atoms with E-state index in [4.69, 9.17) is 14.2 Å². The first kappa shape index (κ1) is 21.1. The van der Waals surface area contributed by atoms with Crippen LogP contribution in [0.15, 0.2) is 12.2 Å². The first-order chi connectivity index (χ1) is 12.9. The molecule has 2 N–H and O–H groups in total. The molecular weight excluding hydrogens is 358 g/mol. The maximum Gasteiger partial charge on any atom is 0.292 e. The van der Waals surface area contributed by atoms with Crippen molar-refractivity contribution in [2.24, 2.45) is 11.8 Å². The van der Waals surface area contributed by atoms with Crippen molar-refractivity contribution < 1.29 is 33.2 Å². The number of alkyl halides is 2. The summed E-state index contributed by atoms with van der Waals surface area (Å²) in [7, 11) is 0. The molecule has 1 aliphatic carbocycles. The van der Waals surface area contributed by atoms with Crippen molar-refractivity contribution in [2.75, 3.05) is 6.61 Å². The first-order valence-corrected chi connectivity index (χ1v) is 10.3. The smallest absolute Gasteiger partial charge is 0.292 e. The predicted octanol–water partition coefficient (Wildman–Crippen LogP) is 3.38. The van der Waals surface area contributed by atoms with Gasteiger partial charge in [0.05, 0.1) is 12.2 Å². The number of aliphatic hydroxyl groups excluding tert-OH is 2. The van der Waals surface area contributed by atoms with Gasteiger partial charge in [-0.3, -0.25) is 0 Å². The normalized spacial score (nSPS) is 38.4. The van der Waals surface area contributed by atoms with Gasteiger partial charge in [0.1, 0.15) is 6.10 Å². The van der Waals surface area contributed by atoms with Crippen molar-refractivity contribution >= 4 is 0 Å². The lowest BCUT2D eigenvalue weighted by Gasteiger charge is -2.31. The monoisotopic (exact) mass is 390 g/mol. The van der Waals surface area contributed by atoms with E-state index in [2.05, 4.69) is 0 Å². The van der Waals surface area contributed by atoms with Crippen LogP contribution in [-0.2, 0) is 14.2 Å². The van der Waals surface area contributed by atoms with Crippen molar-refractivity contribution in [3.8, 4) is 0 Å². The number of hydrogen-bond donors (Lipinski definition) is 2. The van der Waals surface area contributed by atoms with E-state index in [1.54, 1.807) is 0 Å². The van der Waals surface area contributed by atoms with Crippen LogP contribution in [0.1, 0.15) is 58.3 Å². The van der Waals surface area contributed by atoms with Crippen LogP contribution < -0.4 is 0 Å². The van der Waals surface area contributed by atoms with E-state index in [1.807, 2.05) is 6.92 Å². The highest BCUT2D eigenvalue weighted by atomic mass is 19.3. The molecule has 3 rings (SSSR count). The van der Waals surface area contributed by atoms with Crippen molar-refractivity contribution in [2.45, 2.75) is 95.1 Å². The van der Waals surface area contributed by atoms with E-state index >= 15 is 0 Å². The second-order valence-corrected chi connectivity index (χ2v) is 8.01. The molecule has 27 heavy (non-hydrogen) atoms. The minimum absolute atomic E-state index is 0.126. The number of hydrogen-bond acceptors (Lipinski definition) is 5. The van der Waals surface area contributed by atoms with Gasteiger partial charge in [0.2, 0.25) is 0 Å². The molecule has 1 saturated carbocycles. The average molecular weight is 390 g/mol. The van der Waals surface area contributed by atoms with Crippen LogP contribution in [0, 0.1) is 11.8 Å². The summed E-state index contributed by atoms with van der Waals surface area (Å²) in [5.74, 6) is -3.71. The van der Waals surface area contributed by atoms with Crippen LogP contribution in [0.2, 0.25) is 0 Å². The molecule has 5 nitrogen and oxygen atoms in total. The number of halogens is 2. The Morgan fingerprint density at radius 3 is 2.78 bits per heavy atom. The lowest BCUT2D eigenvalue weighted by molar-refractivity contribution is -0.229. The summed E-state index contributed by atoms with van der Waals surface area (Å²) in [6, 6.07) is 0. The Kier molecular flexibility index (Phi) is 7.25. The molecular formula is C20H32F2O5. The third-order valence-electron chi connectivity index (χ3n) is 5.94. The average Bonchev–Trinajstić information content (AvgIpc) is 3.12. The van der Waals surface area contributed by atoms with Crippen LogP contribution in [0.4, 0.5) is 8.78 Å². The van der Waals surface area contributed by atoms with Gasteiger partial charge in [-0.05, 0) is 37.7 Å². The Labute approximate surface area is 159 Å². The minimum Gasteiger partial charge on any atom is -0.392 e. The number of rotatable bonds is 8. The maximum absolute atomic E-state index is 14.9. The highest BCUT2D eigenvalue weighted by molar-refractivity contribution is 5.09. The molecule has 2 heterocycles. The van der Waals surface area contributed by atoms with E-state index in [9.17, 15) is 19.0 Å². The second kappa shape index (κ2) is 9.27.